The van der Waals surface area contributed by atoms with Crippen LogP contribution in [0.5, 0.6) is 5.75 Å². The second kappa shape index (κ2) is 6.27. The SMILES string of the molecule is COc1ccc(CCNC2CCCC2)c(Cl)c1. The molecule has 1 aliphatic carbocycles. The molecule has 0 unspecified atom stereocenters. The second-order valence-corrected chi connectivity index (χ2v) is 5.05. The van der Waals surface area contributed by atoms with Gasteiger partial charge in [-0.3, -0.25) is 0 Å². The lowest BCUT2D eigenvalue weighted by Gasteiger charge is -2.12. The highest BCUT2D eigenvalue weighted by Crippen LogP contribution is 2.23. The number of halogens is 1. The van der Waals surface area contributed by atoms with E-state index < -0.39 is 0 Å². The molecule has 0 spiro atoms. The minimum Gasteiger partial charge on any atom is -0.497 e. The van der Waals surface area contributed by atoms with Gasteiger partial charge in [0.25, 0.3) is 0 Å². The van der Waals surface area contributed by atoms with Crippen molar-refractivity contribution in [2.45, 2.75) is 38.1 Å². The molecule has 0 bridgehead atoms. The zero-order chi connectivity index (χ0) is 12.1. The van der Waals surface area contributed by atoms with Gasteiger partial charge < -0.3 is 10.1 Å². The van der Waals surface area contributed by atoms with Crippen LogP contribution in [0, 0.1) is 0 Å². The highest BCUT2D eigenvalue weighted by molar-refractivity contribution is 6.31. The molecule has 1 N–H and O–H groups in total. The number of hydrogen-bond acceptors (Lipinski definition) is 2. The average molecular weight is 254 g/mol. The Hall–Kier alpha value is -0.730. The van der Waals surface area contributed by atoms with Gasteiger partial charge in [-0.15, -0.1) is 0 Å². The maximum atomic E-state index is 6.20. The fourth-order valence-corrected chi connectivity index (χ4v) is 2.66. The van der Waals surface area contributed by atoms with Gasteiger partial charge >= 0.3 is 0 Å². The summed E-state index contributed by atoms with van der Waals surface area (Å²) in [7, 11) is 1.66. The van der Waals surface area contributed by atoms with E-state index in [4.69, 9.17) is 16.3 Å². The Morgan fingerprint density at radius 3 is 2.76 bits per heavy atom. The summed E-state index contributed by atoms with van der Waals surface area (Å²) in [6.45, 7) is 1.01. The first-order chi connectivity index (χ1) is 8.29. The number of hydrogen-bond donors (Lipinski definition) is 1. The van der Waals surface area contributed by atoms with Crippen LogP contribution in [0.2, 0.25) is 5.02 Å². The first-order valence-corrected chi connectivity index (χ1v) is 6.73. The maximum Gasteiger partial charge on any atom is 0.120 e. The van der Waals surface area contributed by atoms with E-state index >= 15 is 0 Å². The van der Waals surface area contributed by atoms with Crippen LogP contribution in [-0.2, 0) is 6.42 Å². The lowest BCUT2D eigenvalue weighted by atomic mass is 10.1. The summed E-state index contributed by atoms with van der Waals surface area (Å²) in [5.74, 6) is 0.822. The third kappa shape index (κ3) is 3.62. The summed E-state index contributed by atoms with van der Waals surface area (Å²) in [6, 6.07) is 6.63. The van der Waals surface area contributed by atoms with Gasteiger partial charge in [-0.1, -0.05) is 30.5 Å². The van der Waals surface area contributed by atoms with E-state index in [1.807, 2.05) is 12.1 Å². The standard InChI is InChI=1S/C14H20ClNO/c1-17-13-7-6-11(14(15)10-13)8-9-16-12-4-2-3-5-12/h6-7,10,12,16H,2-5,8-9H2,1H3. The van der Waals surface area contributed by atoms with Crippen LogP contribution in [0.4, 0.5) is 0 Å². The Morgan fingerprint density at radius 1 is 1.35 bits per heavy atom. The molecule has 1 aromatic rings. The molecular weight excluding hydrogens is 234 g/mol. The molecular formula is C14H20ClNO. The number of methoxy groups -OCH3 is 1. The van der Waals surface area contributed by atoms with Gasteiger partial charge in [-0.25, -0.2) is 0 Å². The summed E-state index contributed by atoms with van der Waals surface area (Å²) >= 11 is 6.20. The molecule has 2 rings (SSSR count). The van der Waals surface area contributed by atoms with Crippen molar-refractivity contribution in [3.05, 3.63) is 28.8 Å². The Morgan fingerprint density at radius 2 is 2.12 bits per heavy atom. The largest absolute Gasteiger partial charge is 0.497 e. The van der Waals surface area contributed by atoms with Crippen LogP contribution in [0.1, 0.15) is 31.2 Å². The van der Waals surface area contributed by atoms with E-state index in [1.165, 1.54) is 31.2 Å². The van der Waals surface area contributed by atoms with Crippen LogP contribution in [0.3, 0.4) is 0 Å². The first kappa shape index (κ1) is 12.7. The minimum absolute atomic E-state index is 0.729. The Labute approximate surface area is 108 Å². The third-order valence-electron chi connectivity index (χ3n) is 3.44. The van der Waals surface area contributed by atoms with Gasteiger partial charge in [0.05, 0.1) is 7.11 Å². The molecule has 0 radical (unpaired) electrons. The zero-order valence-corrected chi connectivity index (χ0v) is 11.1. The van der Waals surface area contributed by atoms with Crippen molar-refractivity contribution >= 4 is 11.6 Å². The van der Waals surface area contributed by atoms with E-state index in [1.54, 1.807) is 7.11 Å². The van der Waals surface area contributed by atoms with Gasteiger partial charge in [0.1, 0.15) is 5.75 Å². The van der Waals surface area contributed by atoms with Gasteiger partial charge in [0.2, 0.25) is 0 Å². The maximum absolute atomic E-state index is 6.20. The van der Waals surface area contributed by atoms with E-state index in [-0.39, 0.29) is 0 Å². The predicted octanol–water partition coefficient (Wildman–Crippen LogP) is 3.42. The lowest BCUT2D eigenvalue weighted by molar-refractivity contribution is 0.414. The molecule has 0 amide bonds. The van der Waals surface area contributed by atoms with Crippen LogP contribution in [0.25, 0.3) is 0 Å². The van der Waals surface area contributed by atoms with Crippen molar-refractivity contribution in [1.82, 2.24) is 5.32 Å². The Kier molecular flexibility index (Phi) is 4.69. The molecule has 17 heavy (non-hydrogen) atoms. The van der Waals surface area contributed by atoms with E-state index in [0.29, 0.717) is 0 Å². The summed E-state index contributed by atoms with van der Waals surface area (Å²) in [5.41, 5.74) is 1.19. The molecule has 0 heterocycles. The van der Waals surface area contributed by atoms with Crippen molar-refractivity contribution < 1.29 is 4.74 Å². The Bertz CT molecular complexity index is 361. The van der Waals surface area contributed by atoms with Crippen LogP contribution in [-0.4, -0.2) is 19.7 Å². The number of benzene rings is 1. The number of nitrogens with one attached hydrogen (secondary N) is 1. The number of rotatable bonds is 5. The van der Waals surface area contributed by atoms with Crippen molar-refractivity contribution in [2.75, 3.05) is 13.7 Å². The summed E-state index contributed by atoms with van der Waals surface area (Å²) in [4.78, 5) is 0. The molecule has 0 atom stereocenters. The third-order valence-corrected chi connectivity index (χ3v) is 3.79. The molecule has 3 heteroatoms. The summed E-state index contributed by atoms with van der Waals surface area (Å²) in [5, 5.41) is 4.40. The monoisotopic (exact) mass is 253 g/mol. The van der Waals surface area contributed by atoms with Crippen molar-refractivity contribution in [1.29, 1.82) is 0 Å². The smallest absolute Gasteiger partial charge is 0.120 e. The summed E-state index contributed by atoms with van der Waals surface area (Å²) < 4.78 is 5.14. The molecule has 1 saturated carbocycles. The molecule has 2 nitrogen and oxygen atoms in total. The van der Waals surface area contributed by atoms with Gasteiger partial charge in [0.15, 0.2) is 0 Å². The second-order valence-electron chi connectivity index (χ2n) is 4.64. The van der Waals surface area contributed by atoms with E-state index in [2.05, 4.69) is 11.4 Å². The van der Waals surface area contributed by atoms with Crippen molar-refractivity contribution in [2.24, 2.45) is 0 Å². The first-order valence-electron chi connectivity index (χ1n) is 6.35. The fraction of sp³-hybridized carbons (Fsp3) is 0.571. The van der Waals surface area contributed by atoms with Crippen LogP contribution >= 0.6 is 11.6 Å². The van der Waals surface area contributed by atoms with Crippen molar-refractivity contribution in [3.8, 4) is 5.75 Å². The highest BCUT2D eigenvalue weighted by Gasteiger charge is 2.13. The van der Waals surface area contributed by atoms with Gasteiger partial charge in [-0.05, 0) is 43.5 Å². The predicted molar refractivity (Wildman–Crippen MR) is 72.0 cm³/mol. The molecule has 1 aliphatic rings. The molecule has 1 fully saturated rings. The lowest BCUT2D eigenvalue weighted by Crippen LogP contribution is -2.28. The molecule has 0 aliphatic heterocycles. The summed E-state index contributed by atoms with van der Waals surface area (Å²) in [6.07, 6.45) is 6.40. The van der Waals surface area contributed by atoms with Gasteiger partial charge in [-0.2, -0.15) is 0 Å². The van der Waals surface area contributed by atoms with Gasteiger partial charge in [0, 0.05) is 11.1 Å². The normalized spacial score (nSPS) is 16.4. The quantitative estimate of drug-likeness (QED) is 0.868. The minimum atomic E-state index is 0.729. The topological polar surface area (TPSA) is 21.3 Å². The van der Waals surface area contributed by atoms with E-state index in [9.17, 15) is 0 Å². The van der Waals surface area contributed by atoms with Crippen molar-refractivity contribution in [3.63, 3.8) is 0 Å². The molecule has 1 aromatic carbocycles. The van der Waals surface area contributed by atoms with Crippen LogP contribution in [0.15, 0.2) is 18.2 Å². The molecule has 0 aromatic heterocycles. The highest BCUT2D eigenvalue weighted by atomic mass is 35.5. The zero-order valence-electron chi connectivity index (χ0n) is 10.3. The molecule has 0 saturated heterocycles. The average Bonchev–Trinajstić information content (AvgIpc) is 2.84. The van der Waals surface area contributed by atoms with Crippen LogP contribution < -0.4 is 10.1 Å². The molecule has 94 valence electrons. The number of ether oxygens (including phenoxy) is 1. The fourth-order valence-electron chi connectivity index (χ4n) is 2.40. The Balaban J connectivity index is 1.81. The van der Waals surface area contributed by atoms with E-state index in [0.717, 1.165) is 29.8 Å².